The quantitative estimate of drug-likeness (QED) is 0.407. The highest BCUT2D eigenvalue weighted by Gasteiger charge is 2.34. The summed E-state index contributed by atoms with van der Waals surface area (Å²) in [6, 6.07) is 0.399. The lowest BCUT2D eigenvalue weighted by molar-refractivity contribution is 0.343. The highest BCUT2D eigenvalue weighted by Crippen LogP contribution is 2.39. The molecule has 0 spiro atoms. The van der Waals surface area contributed by atoms with Gasteiger partial charge < -0.3 is 15.5 Å². The molecule has 1 aliphatic carbocycles. The Kier molecular flexibility index (Phi) is 8.38. The Balaban J connectivity index is 2.27. The van der Waals surface area contributed by atoms with Gasteiger partial charge in [-0.1, -0.05) is 30.4 Å². The Morgan fingerprint density at radius 1 is 1.17 bits per heavy atom. The van der Waals surface area contributed by atoms with Gasteiger partial charge in [0.25, 0.3) is 0 Å². The molecule has 156 valence electrons. The van der Waals surface area contributed by atoms with Crippen molar-refractivity contribution in [1.82, 2.24) is 15.5 Å². The maximum absolute atomic E-state index is 3.55. The second-order valence-corrected chi connectivity index (χ2v) is 7.69. The van der Waals surface area contributed by atoms with E-state index in [1.807, 2.05) is 19.3 Å². The maximum Gasteiger partial charge on any atom is 0.0414 e. The molecule has 0 saturated heterocycles. The fraction of sp³-hybridized carbons (Fsp3) is 0.385. The fourth-order valence-electron chi connectivity index (χ4n) is 4.03. The molecule has 2 N–H and O–H groups in total. The molecule has 0 saturated carbocycles. The van der Waals surface area contributed by atoms with E-state index in [1.54, 1.807) is 0 Å². The first-order valence-electron chi connectivity index (χ1n) is 10.6. The number of nitrogens with one attached hydrogen (secondary N) is 2. The summed E-state index contributed by atoms with van der Waals surface area (Å²) in [5.74, 6) is 0.421. The van der Waals surface area contributed by atoms with Crippen molar-refractivity contribution in [2.45, 2.75) is 54.0 Å². The van der Waals surface area contributed by atoms with Gasteiger partial charge in [0.05, 0.1) is 0 Å². The van der Waals surface area contributed by atoms with Crippen LogP contribution in [-0.4, -0.2) is 18.0 Å². The van der Waals surface area contributed by atoms with Gasteiger partial charge in [-0.2, -0.15) is 0 Å². The standard InChI is InChI=1S/C26H37N3/c1-8-11-24-21(5)29(22(6)25(24)12-9-2)23-15-14-19(3)26(17-16-23)28-20(4)13-10-18-27-7/h8-13,15-18,21,24,27-28H,14H2,1-7H3/b11-8-,12-9-,18-10-,20-13+/t21-,24?/m0/s1. The summed E-state index contributed by atoms with van der Waals surface area (Å²) in [5, 5.41) is 6.56. The largest absolute Gasteiger partial charge is 0.394 e. The van der Waals surface area contributed by atoms with Crippen LogP contribution in [0.15, 0.2) is 94.8 Å². The Labute approximate surface area is 177 Å². The zero-order valence-electron chi connectivity index (χ0n) is 19.1. The van der Waals surface area contributed by atoms with Crippen LogP contribution in [-0.2, 0) is 0 Å². The average molecular weight is 392 g/mol. The molecule has 0 aromatic carbocycles. The van der Waals surface area contributed by atoms with Crippen molar-refractivity contribution in [3.8, 4) is 0 Å². The summed E-state index contributed by atoms with van der Waals surface area (Å²) in [5.41, 5.74) is 7.67. The molecule has 2 atom stereocenters. The molecule has 2 aliphatic rings. The van der Waals surface area contributed by atoms with Gasteiger partial charge in [0, 0.05) is 41.8 Å². The Morgan fingerprint density at radius 3 is 2.59 bits per heavy atom. The molecule has 0 amide bonds. The predicted octanol–water partition coefficient (Wildman–Crippen LogP) is 6.08. The van der Waals surface area contributed by atoms with E-state index in [4.69, 9.17) is 0 Å². The first kappa shape index (κ1) is 22.6. The van der Waals surface area contributed by atoms with Crippen molar-refractivity contribution in [1.29, 1.82) is 0 Å². The Hall–Kier alpha value is -2.68. The second-order valence-electron chi connectivity index (χ2n) is 7.69. The van der Waals surface area contributed by atoms with E-state index in [0.717, 1.165) is 12.1 Å². The van der Waals surface area contributed by atoms with E-state index in [0.29, 0.717) is 12.0 Å². The van der Waals surface area contributed by atoms with Crippen molar-refractivity contribution in [3.05, 3.63) is 94.8 Å². The first-order valence-corrected chi connectivity index (χ1v) is 10.6. The highest BCUT2D eigenvalue weighted by molar-refractivity contribution is 5.43. The second kappa shape index (κ2) is 10.8. The summed E-state index contributed by atoms with van der Waals surface area (Å²) in [7, 11) is 1.90. The van der Waals surface area contributed by atoms with Crippen LogP contribution in [0.4, 0.5) is 0 Å². The van der Waals surface area contributed by atoms with Crippen LogP contribution in [0, 0.1) is 5.92 Å². The van der Waals surface area contributed by atoms with Crippen LogP contribution in [0.25, 0.3) is 0 Å². The summed E-state index contributed by atoms with van der Waals surface area (Å²) in [6.45, 7) is 13.1. The summed E-state index contributed by atoms with van der Waals surface area (Å²) < 4.78 is 0. The van der Waals surface area contributed by atoms with Crippen LogP contribution < -0.4 is 10.6 Å². The third-order valence-electron chi connectivity index (χ3n) is 5.53. The molecule has 1 heterocycles. The van der Waals surface area contributed by atoms with Gasteiger partial charge in [-0.3, -0.25) is 0 Å². The molecule has 0 aromatic rings. The summed E-state index contributed by atoms with van der Waals surface area (Å²) >= 11 is 0. The van der Waals surface area contributed by atoms with Crippen molar-refractivity contribution >= 4 is 0 Å². The number of nitrogens with zero attached hydrogens (tertiary/aromatic N) is 1. The van der Waals surface area contributed by atoms with Crippen molar-refractivity contribution in [3.63, 3.8) is 0 Å². The zero-order valence-corrected chi connectivity index (χ0v) is 19.1. The lowest BCUT2D eigenvalue weighted by Gasteiger charge is -2.29. The lowest BCUT2D eigenvalue weighted by Crippen LogP contribution is -2.29. The predicted molar refractivity (Wildman–Crippen MR) is 127 cm³/mol. The van der Waals surface area contributed by atoms with Crippen molar-refractivity contribution in [2.75, 3.05) is 7.05 Å². The molecular weight excluding hydrogens is 354 g/mol. The van der Waals surface area contributed by atoms with E-state index >= 15 is 0 Å². The third kappa shape index (κ3) is 5.44. The fourth-order valence-corrected chi connectivity index (χ4v) is 4.03. The van der Waals surface area contributed by atoms with Crippen molar-refractivity contribution in [2.24, 2.45) is 5.92 Å². The van der Waals surface area contributed by atoms with Gasteiger partial charge in [-0.15, -0.1) is 0 Å². The number of rotatable bonds is 7. The molecule has 0 fully saturated rings. The van der Waals surface area contributed by atoms with E-state index in [1.165, 1.54) is 28.2 Å². The van der Waals surface area contributed by atoms with Crippen LogP contribution in [0.2, 0.25) is 0 Å². The monoisotopic (exact) mass is 391 g/mol. The highest BCUT2D eigenvalue weighted by atomic mass is 15.2. The number of allylic oxidation sites excluding steroid dienone is 11. The van der Waals surface area contributed by atoms with Crippen molar-refractivity contribution < 1.29 is 0 Å². The molecule has 1 aliphatic heterocycles. The molecular formula is C26H37N3. The third-order valence-corrected chi connectivity index (χ3v) is 5.53. The summed E-state index contributed by atoms with van der Waals surface area (Å²) in [6.07, 6.45) is 22.7. The van der Waals surface area contributed by atoms with Gasteiger partial charge in [-0.25, -0.2) is 0 Å². The SMILES string of the molecule is C/C=C\C1=C(C)N(C2=CCC(C)=C(N/C(C)=C/C=C\NC)C=C2)[C@@H](C)C1/C=C\C. The molecule has 0 bridgehead atoms. The van der Waals surface area contributed by atoms with Crippen LogP contribution in [0.3, 0.4) is 0 Å². The van der Waals surface area contributed by atoms with Crippen LogP contribution in [0.5, 0.6) is 0 Å². The van der Waals surface area contributed by atoms with Gasteiger partial charge >= 0.3 is 0 Å². The van der Waals surface area contributed by atoms with E-state index in [9.17, 15) is 0 Å². The maximum atomic E-state index is 3.55. The smallest absolute Gasteiger partial charge is 0.0414 e. The van der Waals surface area contributed by atoms with Crippen LogP contribution in [0.1, 0.15) is 48.0 Å². The normalized spacial score (nSPS) is 23.8. The molecule has 0 radical (unpaired) electrons. The van der Waals surface area contributed by atoms with E-state index in [-0.39, 0.29) is 0 Å². The molecule has 3 nitrogen and oxygen atoms in total. The average Bonchev–Trinajstić information content (AvgIpc) is 2.81. The topological polar surface area (TPSA) is 27.3 Å². The van der Waals surface area contributed by atoms with Crippen LogP contribution >= 0.6 is 0 Å². The number of hydrogen-bond acceptors (Lipinski definition) is 3. The minimum absolute atomic E-state index is 0.399. The minimum Gasteiger partial charge on any atom is -0.394 e. The molecule has 3 heteroatoms. The van der Waals surface area contributed by atoms with Gasteiger partial charge in [0.1, 0.15) is 0 Å². The molecule has 29 heavy (non-hydrogen) atoms. The Bertz CT molecular complexity index is 828. The lowest BCUT2D eigenvalue weighted by atomic mass is 9.94. The molecule has 2 rings (SSSR count). The summed E-state index contributed by atoms with van der Waals surface area (Å²) in [4.78, 5) is 2.49. The first-order chi connectivity index (χ1) is 13.9. The van der Waals surface area contributed by atoms with E-state index < -0.39 is 0 Å². The van der Waals surface area contributed by atoms with Gasteiger partial charge in [0.15, 0.2) is 0 Å². The Morgan fingerprint density at radius 2 is 1.93 bits per heavy atom. The molecule has 1 unspecified atom stereocenters. The number of hydrogen-bond donors (Lipinski definition) is 2. The van der Waals surface area contributed by atoms with E-state index in [2.05, 4.69) is 106 Å². The van der Waals surface area contributed by atoms with Gasteiger partial charge in [0.2, 0.25) is 0 Å². The molecule has 0 aromatic heterocycles. The minimum atomic E-state index is 0.399. The zero-order chi connectivity index (χ0) is 21.4. The van der Waals surface area contributed by atoms with Gasteiger partial charge in [-0.05, 0) is 89.6 Å².